The molecule has 0 aliphatic rings. The quantitative estimate of drug-likeness (QED) is 0.652. The van der Waals surface area contributed by atoms with Crippen LogP contribution >= 0.6 is 0 Å². The van der Waals surface area contributed by atoms with Gasteiger partial charge in [0.15, 0.2) is 12.0 Å². The minimum atomic E-state index is -0.461. The molecule has 110 valence electrons. The maximum atomic E-state index is 14.1. The van der Waals surface area contributed by atoms with Crippen molar-refractivity contribution < 1.29 is 18.3 Å². The molecule has 3 rings (SSSR count). The van der Waals surface area contributed by atoms with Crippen LogP contribution in [0.1, 0.15) is 16.1 Å². The van der Waals surface area contributed by atoms with E-state index < -0.39 is 5.82 Å². The highest BCUT2D eigenvalue weighted by Crippen LogP contribution is 2.27. The minimum Gasteiger partial charge on any atom is -0.489 e. The zero-order valence-corrected chi connectivity index (χ0v) is 11.7. The zero-order valence-electron chi connectivity index (χ0n) is 11.7. The Labute approximate surface area is 127 Å². The second-order valence-electron chi connectivity index (χ2n) is 4.74. The fraction of sp³-hybridized carbons (Fsp3) is 0.0556. The number of carbonyl (C=O) groups is 1. The Morgan fingerprint density at radius 2 is 1.86 bits per heavy atom. The Bertz CT molecular complexity index is 778. The van der Waals surface area contributed by atoms with Crippen LogP contribution < -0.4 is 4.74 Å². The first-order valence-electron chi connectivity index (χ1n) is 6.78. The van der Waals surface area contributed by atoms with E-state index in [1.54, 1.807) is 18.2 Å². The fourth-order valence-electron chi connectivity index (χ4n) is 2.09. The van der Waals surface area contributed by atoms with Gasteiger partial charge in [-0.25, -0.2) is 4.39 Å². The molecule has 0 saturated carbocycles. The summed E-state index contributed by atoms with van der Waals surface area (Å²) in [5.41, 5.74) is 1.30. The molecule has 0 fully saturated rings. The second kappa shape index (κ2) is 6.26. The average Bonchev–Trinajstić information content (AvgIpc) is 3.03. The van der Waals surface area contributed by atoms with Crippen LogP contribution in [0.2, 0.25) is 0 Å². The highest BCUT2D eigenvalue weighted by atomic mass is 19.1. The van der Waals surface area contributed by atoms with Gasteiger partial charge >= 0.3 is 0 Å². The number of hydrogen-bond donors (Lipinski definition) is 0. The molecule has 0 radical (unpaired) electrons. The van der Waals surface area contributed by atoms with Crippen LogP contribution in [0.15, 0.2) is 65.1 Å². The van der Waals surface area contributed by atoms with Crippen LogP contribution in [0.5, 0.6) is 5.75 Å². The fourth-order valence-corrected chi connectivity index (χ4v) is 2.09. The summed E-state index contributed by atoms with van der Waals surface area (Å²) in [7, 11) is 0. The first-order valence-corrected chi connectivity index (χ1v) is 6.78. The lowest BCUT2D eigenvalue weighted by molar-refractivity contribution is 0.110. The number of rotatable bonds is 5. The van der Waals surface area contributed by atoms with E-state index in [-0.39, 0.29) is 5.76 Å². The molecule has 3 aromatic rings. The predicted molar refractivity (Wildman–Crippen MR) is 80.3 cm³/mol. The maximum Gasteiger partial charge on any atom is 0.185 e. The van der Waals surface area contributed by atoms with Crippen molar-refractivity contribution in [2.24, 2.45) is 0 Å². The van der Waals surface area contributed by atoms with E-state index in [0.29, 0.717) is 30.0 Å². The van der Waals surface area contributed by atoms with Crippen LogP contribution in [0, 0.1) is 5.82 Å². The average molecular weight is 296 g/mol. The van der Waals surface area contributed by atoms with Crippen molar-refractivity contribution in [3.05, 3.63) is 77.8 Å². The summed E-state index contributed by atoms with van der Waals surface area (Å²) >= 11 is 0. The number of furan rings is 1. The standard InChI is InChI=1S/C18H13FO3/c19-17-10-14(21-12-13-4-2-1-3-5-13)6-8-16(17)18-9-7-15(11-20)22-18/h1-11H,12H2. The van der Waals surface area contributed by atoms with Gasteiger partial charge in [-0.3, -0.25) is 4.79 Å². The molecular weight excluding hydrogens is 283 g/mol. The number of benzene rings is 2. The van der Waals surface area contributed by atoms with E-state index in [2.05, 4.69) is 0 Å². The first-order chi connectivity index (χ1) is 10.8. The number of aldehydes is 1. The number of hydrogen-bond acceptors (Lipinski definition) is 3. The van der Waals surface area contributed by atoms with Gasteiger partial charge in [-0.05, 0) is 29.8 Å². The maximum absolute atomic E-state index is 14.1. The van der Waals surface area contributed by atoms with Gasteiger partial charge in [0, 0.05) is 6.07 Å². The third-order valence-corrected chi connectivity index (χ3v) is 3.20. The van der Waals surface area contributed by atoms with Gasteiger partial charge in [0.25, 0.3) is 0 Å². The van der Waals surface area contributed by atoms with Crippen molar-refractivity contribution in [3.63, 3.8) is 0 Å². The molecule has 2 aromatic carbocycles. The first kappa shape index (κ1) is 14.1. The molecule has 0 spiro atoms. The van der Waals surface area contributed by atoms with Gasteiger partial charge in [-0.15, -0.1) is 0 Å². The van der Waals surface area contributed by atoms with Crippen LogP contribution in [0.4, 0.5) is 4.39 Å². The van der Waals surface area contributed by atoms with E-state index in [1.165, 1.54) is 12.1 Å². The molecule has 0 N–H and O–H groups in total. The normalized spacial score (nSPS) is 10.4. The molecule has 0 unspecified atom stereocenters. The summed E-state index contributed by atoms with van der Waals surface area (Å²) in [6.45, 7) is 0.371. The molecular formula is C18H13FO3. The Balaban J connectivity index is 1.75. The molecule has 0 saturated heterocycles. The SMILES string of the molecule is O=Cc1ccc(-c2ccc(OCc3ccccc3)cc2F)o1. The summed E-state index contributed by atoms with van der Waals surface area (Å²) in [5, 5.41) is 0. The smallest absolute Gasteiger partial charge is 0.185 e. The second-order valence-corrected chi connectivity index (χ2v) is 4.74. The molecule has 1 heterocycles. The molecule has 3 nitrogen and oxygen atoms in total. The van der Waals surface area contributed by atoms with E-state index in [4.69, 9.17) is 9.15 Å². The van der Waals surface area contributed by atoms with Gasteiger partial charge in [0.1, 0.15) is 23.9 Å². The number of halogens is 1. The lowest BCUT2D eigenvalue weighted by atomic mass is 10.1. The summed E-state index contributed by atoms with van der Waals surface area (Å²) in [6, 6.07) is 17.3. The topological polar surface area (TPSA) is 39.4 Å². The Morgan fingerprint density at radius 3 is 2.55 bits per heavy atom. The van der Waals surface area contributed by atoms with Crippen molar-refractivity contribution in [3.8, 4) is 17.1 Å². The van der Waals surface area contributed by atoms with Gasteiger partial charge in [-0.2, -0.15) is 0 Å². The summed E-state index contributed by atoms with van der Waals surface area (Å²) in [6.07, 6.45) is 0.582. The van der Waals surface area contributed by atoms with E-state index >= 15 is 0 Å². The summed E-state index contributed by atoms with van der Waals surface area (Å²) in [5.74, 6) is 0.456. The van der Waals surface area contributed by atoms with Crippen molar-refractivity contribution in [1.82, 2.24) is 0 Å². The molecule has 0 aliphatic carbocycles. The van der Waals surface area contributed by atoms with Gasteiger partial charge < -0.3 is 9.15 Å². The van der Waals surface area contributed by atoms with E-state index in [0.717, 1.165) is 5.56 Å². The van der Waals surface area contributed by atoms with Crippen LogP contribution in [0.3, 0.4) is 0 Å². The molecule has 4 heteroatoms. The van der Waals surface area contributed by atoms with Crippen LogP contribution in [0.25, 0.3) is 11.3 Å². The van der Waals surface area contributed by atoms with Crippen molar-refractivity contribution >= 4 is 6.29 Å². The van der Waals surface area contributed by atoms with Crippen molar-refractivity contribution in [2.45, 2.75) is 6.61 Å². The van der Waals surface area contributed by atoms with E-state index in [9.17, 15) is 9.18 Å². The lowest BCUT2D eigenvalue weighted by Crippen LogP contribution is -1.95. The number of carbonyl (C=O) groups excluding carboxylic acids is 1. The highest BCUT2D eigenvalue weighted by Gasteiger charge is 2.11. The van der Waals surface area contributed by atoms with E-state index in [1.807, 2.05) is 30.3 Å². The monoisotopic (exact) mass is 296 g/mol. The van der Waals surface area contributed by atoms with Crippen molar-refractivity contribution in [2.75, 3.05) is 0 Å². The van der Waals surface area contributed by atoms with Gasteiger partial charge in [0.2, 0.25) is 0 Å². The van der Waals surface area contributed by atoms with Crippen LogP contribution in [-0.4, -0.2) is 6.29 Å². The number of ether oxygens (including phenoxy) is 1. The predicted octanol–water partition coefficient (Wildman–Crippen LogP) is 4.48. The van der Waals surface area contributed by atoms with Crippen molar-refractivity contribution in [1.29, 1.82) is 0 Å². The lowest BCUT2D eigenvalue weighted by Gasteiger charge is -2.07. The van der Waals surface area contributed by atoms with Gasteiger partial charge in [0.05, 0.1) is 5.56 Å². The molecule has 0 bridgehead atoms. The minimum absolute atomic E-state index is 0.166. The molecule has 0 atom stereocenters. The van der Waals surface area contributed by atoms with Gasteiger partial charge in [-0.1, -0.05) is 30.3 Å². The zero-order chi connectivity index (χ0) is 15.4. The highest BCUT2D eigenvalue weighted by molar-refractivity contribution is 5.73. The molecule has 0 aliphatic heterocycles. The van der Waals surface area contributed by atoms with Crippen LogP contribution in [-0.2, 0) is 6.61 Å². The molecule has 22 heavy (non-hydrogen) atoms. The summed E-state index contributed by atoms with van der Waals surface area (Å²) in [4.78, 5) is 10.6. The Kier molecular flexibility index (Phi) is 4.01. The third kappa shape index (κ3) is 3.06. The molecule has 0 amide bonds. The Hall–Kier alpha value is -2.88. The Morgan fingerprint density at radius 1 is 1.05 bits per heavy atom. The molecule has 1 aromatic heterocycles. The third-order valence-electron chi connectivity index (χ3n) is 3.20. The summed E-state index contributed by atoms with van der Waals surface area (Å²) < 4.78 is 24.9. The largest absolute Gasteiger partial charge is 0.489 e.